The van der Waals surface area contributed by atoms with E-state index in [0.717, 1.165) is 48.7 Å². The highest BCUT2D eigenvalue weighted by Crippen LogP contribution is 2.22. The van der Waals surface area contributed by atoms with Crippen LogP contribution in [0.25, 0.3) is 10.9 Å². The van der Waals surface area contributed by atoms with E-state index >= 15 is 0 Å². The SMILES string of the molecule is CN=C(NCc1cc(N(C)C)nc2ccccc12)NCC1CCCO1.I. The molecule has 1 fully saturated rings. The van der Waals surface area contributed by atoms with Crippen LogP contribution in [0.5, 0.6) is 0 Å². The number of aliphatic imine (C=N–C) groups is 1. The largest absolute Gasteiger partial charge is 0.376 e. The van der Waals surface area contributed by atoms with Crippen molar-refractivity contribution in [3.63, 3.8) is 0 Å². The van der Waals surface area contributed by atoms with Crippen molar-refractivity contribution in [2.45, 2.75) is 25.5 Å². The van der Waals surface area contributed by atoms with Crippen molar-refractivity contribution < 1.29 is 4.74 Å². The molecule has 1 unspecified atom stereocenters. The first kappa shape index (κ1) is 20.7. The smallest absolute Gasteiger partial charge is 0.191 e. The van der Waals surface area contributed by atoms with Gasteiger partial charge in [-0.25, -0.2) is 4.98 Å². The van der Waals surface area contributed by atoms with Gasteiger partial charge in [-0.2, -0.15) is 0 Å². The summed E-state index contributed by atoms with van der Waals surface area (Å²) in [5.41, 5.74) is 2.21. The van der Waals surface area contributed by atoms with Crippen LogP contribution in [-0.2, 0) is 11.3 Å². The van der Waals surface area contributed by atoms with Crippen LogP contribution in [0, 0.1) is 0 Å². The molecule has 0 saturated carbocycles. The van der Waals surface area contributed by atoms with Crippen LogP contribution in [-0.4, -0.2) is 51.3 Å². The highest BCUT2D eigenvalue weighted by Gasteiger charge is 2.15. The van der Waals surface area contributed by atoms with E-state index in [4.69, 9.17) is 9.72 Å². The molecule has 1 aliphatic rings. The van der Waals surface area contributed by atoms with E-state index in [9.17, 15) is 0 Å². The second-order valence-corrected chi connectivity index (χ2v) is 6.49. The number of anilines is 1. The molecule has 0 radical (unpaired) electrons. The molecule has 26 heavy (non-hydrogen) atoms. The Balaban J connectivity index is 0.00000243. The van der Waals surface area contributed by atoms with Crippen LogP contribution >= 0.6 is 24.0 Å². The highest BCUT2D eigenvalue weighted by molar-refractivity contribution is 14.0. The van der Waals surface area contributed by atoms with Gasteiger partial charge in [-0.3, -0.25) is 4.99 Å². The Labute approximate surface area is 172 Å². The topological polar surface area (TPSA) is 61.8 Å². The molecule has 1 aromatic carbocycles. The van der Waals surface area contributed by atoms with Crippen LogP contribution in [0.15, 0.2) is 35.3 Å². The number of halogens is 1. The molecule has 0 bridgehead atoms. The monoisotopic (exact) mass is 469 g/mol. The molecule has 6 nitrogen and oxygen atoms in total. The van der Waals surface area contributed by atoms with Gasteiger partial charge in [0.2, 0.25) is 0 Å². The van der Waals surface area contributed by atoms with Crippen molar-refractivity contribution in [3.8, 4) is 0 Å². The summed E-state index contributed by atoms with van der Waals surface area (Å²) in [7, 11) is 5.81. The van der Waals surface area contributed by atoms with Gasteiger partial charge in [-0.1, -0.05) is 18.2 Å². The lowest BCUT2D eigenvalue weighted by molar-refractivity contribution is 0.114. The summed E-state index contributed by atoms with van der Waals surface area (Å²) in [4.78, 5) is 11.0. The van der Waals surface area contributed by atoms with Crippen molar-refractivity contribution in [2.75, 3.05) is 39.2 Å². The number of pyridine rings is 1. The van der Waals surface area contributed by atoms with E-state index in [1.807, 2.05) is 31.1 Å². The third kappa shape index (κ3) is 5.20. The van der Waals surface area contributed by atoms with Gasteiger partial charge in [0.1, 0.15) is 5.82 Å². The van der Waals surface area contributed by atoms with Crippen molar-refractivity contribution in [1.29, 1.82) is 0 Å². The first-order valence-electron chi connectivity index (χ1n) is 8.79. The van der Waals surface area contributed by atoms with E-state index in [1.165, 1.54) is 5.56 Å². The van der Waals surface area contributed by atoms with Gasteiger partial charge in [0.15, 0.2) is 5.96 Å². The first-order valence-corrected chi connectivity index (χ1v) is 8.79. The van der Waals surface area contributed by atoms with E-state index in [2.05, 4.69) is 33.8 Å². The quantitative estimate of drug-likeness (QED) is 0.401. The number of benzene rings is 1. The van der Waals surface area contributed by atoms with Gasteiger partial charge < -0.3 is 20.3 Å². The summed E-state index contributed by atoms with van der Waals surface area (Å²) >= 11 is 0. The number of nitrogens with one attached hydrogen (secondary N) is 2. The van der Waals surface area contributed by atoms with Crippen molar-refractivity contribution in [1.82, 2.24) is 15.6 Å². The number of para-hydroxylation sites is 1. The molecule has 0 aliphatic carbocycles. The Morgan fingerprint density at radius 1 is 1.31 bits per heavy atom. The summed E-state index contributed by atoms with van der Waals surface area (Å²) in [6, 6.07) is 10.4. The molecule has 3 rings (SSSR count). The van der Waals surface area contributed by atoms with Gasteiger partial charge in [-0.15, -0.1) is 24.0 Å². The maximum Gasteiger partial charge on any atom is 0.191 e. The van der Waals surface area contributed by atoms with Crippen LogP contribution < -0.4 is 15.5 Å². The second kappa shape index (κ2) is 9.91. The van der Waals surface area contributed by atoms with Crippen molar-refractivity contribution >= 4 is 46.7 Å². The molecular formula is C19H28IN5O. The summed E-state index contributed by atoms with van der Waals surface area (Å²) in [5, 5.41) is 7.92. The molecule has 2 aromatic rings. The molecule has 1 atom stereocenters. The normalized spacial score (nSPS) is 17.0. The zero-order valence-electron chi connectivity index (χ0n) is 15.7. The average molecular weight is 469 g/mol. The van der Waals surface area contributed by atoms with Crippen LogP contribution in [0.2, 0.25) is 0 Å². The molecule has 2 N–H and O–H groups in total. The summed E-state index contributed by atoms with van der Waals surface area (Å²) < 4.78 is 5.65. The van der Waals surface area contributed by atoms with Crippen LogP contribution in [0.3, 0.4) is 0 Å². The molecule has 1 aliphatic heterocycles. The zero-order valence-corrected chi connectivity index (χ0v) is 18.0. The molecular weight excluding hydrogens is 441 g/mol. The standard InChI is InChI=1S/C19H27N5O.HI/c1-20-19(22-13-15-7-6-10-25-15)21-12-14-11-18(24(2)3)23-17-9-5-4-8-16(14)17;/h4-5,8-9,11,15H,6-7,10,12-13H2,1-3H3,(H2,20,21,22);1H. The minimum Gasteiger partial charge on any atom is -0.376 e. The molecule has 0 spiro atoms. The minimum atomic E-state index is 0. The second-order valence-electron chi connectivity index (χ2n) is 6.49. The Morgan fingerprint density at radius 3 is 2.81 bits per heavy atom. The lowest BCUT2D eigenvalue weighted by atomic mass is 10.1. The Morgan fingerprint density at radius 2 is 2.12 bits per heavy atom. The number of rotatable bonds is 5. The predicted molar refractivity (Wildman–Crippen MR) is 119 cm³/mol. The molecule has 1 saturated heterocycles. The fourth-order valence-electron chi connectivity index (χ4n) is 3.02. The van der Waals surface area contributed by atoms with Gasteiger partial charge in [-0.05, 0) is 30.5 Å². The van der Waals surface area contributed by atoms with E-state index in [-0.39, 0.29) is 24.0 Å². The summed E-state index contributed by atoms with van der Waals surface area (Å²) in [6.07, 6.45) is 2.56. The predicted octanol–water partition coefficient (Wildman–Crippen LogP) is 2.76. The summed E-state index contributed by atoms with van der Waals surface area (Å²) in [5.74, 6) is 1.75. The zero-order chi connectivity index (χ0) is 17.6. The lowest BCUT2D eigenvalue weighted by Gasteiger charge is -2.17. The van der Waals surface area contributed by atoms with Crippen LogP contribution in [0.1, 0.15) is 18.4 Å². The minimum absolute atomic E-state index is 0. The number of ether oxygens (including phenoxy) is 1. The van der Waals surface area contributed by atoms with E-state index < -0.39 is 0 Å². The number of fused-ring (bicyclic) bond motifs is 1. The number of guanidine groups is 1. The average Bonchev–Trinajstić information content (AvgIpc) is 3.15. The fraction of sp³-hybridized carbons (Fsp3) is 0.474. The van der Waals surface area contributed by atoms with Gasteiger partial charge in [0.05, 0.1) is 11.6 Å². The molecule has 2 heterocycles. The van der Waals surface area contributed by atoms with Gasteiger partial charge >= 0.3 is 0 Å². The molecule has 0 amide bonds. The van der Waals surface area contributed by atoms with E-state index in [0.29, 0.717) is 12.6 Å². The van der Waals surface area contributed by atoms with Crippen LogP contribution in [0.4, 0.5) is 5.82 Å². The maximum atomic E-state index is 5.65. The highest BCUT2D eigenvalue weighted by atomic mass is 127. The number of hydrogen-bond donors (Lipinski definition) is 2. The number of aromatic nitrogens is 1. The number of hydrogen-bond acceptors (Lipinski definition) is 4. The molecule has 1 aromatic heterocycles. The molecule has 142 valence electrons. The summed E-state index contributed by atoms with van der Waals surface area (Å²) in [6.45, 7) is 2.35. The molecule has 7 heteroatoms. The number of nitrogens with zero attached hydrogens (tertiary/aromatic N) is 3. The lowest BCUT2D eigenvalue weighted by Crippen LogP contribution is -2.40. The van der Waals surface area contributed by atoms with Gasteiger partial charge in [0.25, 0.3) is 0 Å². The Kier molecular flexibility index (Phi) is 7.89. The van der Waals surface area contributed by atoms with Gasteiger partial charge in [0, 0.05) is 46.2 Å². The third-order valence-electron chi connectivity index (χ3n) is 4.44. The van der Waals surface area contributed by atoms with Crippen molar-refractivity contribution in [3.05, 3.63) is 35.9 Å². The fourth-order valence-corrected chi connectivity index (χ4v) is 3.02. The Bertz CT molecular complexity index is 744. The maximum absolute atomic E-state index is 5.65. The van der Waals surface area contributed by atoms with E-state index in [1.54, 1.807) is 7.05 Å². The van der Waals surface area contributed by atoms with Crippen molar-refractivity contribution in [2.24, 2.45) is 4.99 Å². The first-order chi connectivity index (χ1) is 12.2. The third-order valence-corrected chi connectivity index (χ3v) is 4.44. The Hall–Kier alpha value is -1.61.